The summed E-state index contributed by atoms with van der Waals surface area (Å²) in [4.78, 5) is 0. The van der Waals surface area contributed by atoms with Crippen LogP contribution in [0.3, 0.4) is 0 Å². The molecule has 0 aliphatic rings. The van der Waals surface area contributed by atoms with Gasteiger partial charge in [-0.3, -0.25) is 0 Å². The third-order valence-corrected chi connectivity index (χ3v) is 5.80. The van der Waals surface area contributed by atoms with Gasteiger partial charge < -0.3 is 4.48 Å². The number of quaternary nitrogens is 1. The van der Waals surface area contributed by atoms with E-state index >= 15 is 0 Å². The minimum Gasteiger partial charge on any atom is -0.320 e. The topological polar surface area (TPSA) is 0 Å². The van der Waals surface area contributed by atoms with Crippen LogP contribution in [0.4, 0.5) is 8.78 Å². The first-order valence-corrected chi connectivity index (χ1v) is 9.54. The molecule has 0 amide bonds. The standard InChI is InChI=1S/C20H23F2IN/c1-24(2,15-23)14-4-3-5-20(16-6-10-18(21)11-7-16)17-8-12-19(22)13-9-17/h5-13H,3-4,14-15H2,1-2H3/q+1. The first-order valence-electron chi connectivity index (χ1n) is 8.01. The summed E-state index contributed by atoms with van der Waals surface area (Å²) in [5, 5.41) is 0. The van der Waals surface area contributed by atoms with E-state index in [1.807, 2.05) is 0 Å². The van der Waals surface area contributed by atoms with Gasteiger partial charge in [-0.1, -0.05) is 30.3 Å². The van der Waals surface area contributed by atoms with Gasteiger partial charge >= 0.3 is 0 Å². The Labute approximate surface area is 156 Å². The molecule has 0 fully saturated rings. The summed E-state index contributed by atoms with van der Waals surface area (Å²) in [5.74, 6) is -0.503. The Kier molecular flexibility index (Phi) is 6.92. The molecule has 0 saturated carbocycles. The number of hydrogen-bond acceptors (Lipinski definition) is 0. The predicted octanol–water partition coefficient (Wildman–Crippen LogP) is 5.65. The smallest absolute Gasteiger partial charge is 0.129 e. The lowest BCUT2D eigenvalue weighted by Gasteiger charge is -2.26. The molecule has 0 aliphatic heterocycles. The summed E-state index contributed by atoms with van der Waals surface area (Å²) in [7, 11) is 4.44. The summed E-state index contributed by atoms with van der Waals surface area (Å²) in [5.41, 5.74) is 2.92. The summed E-state index contributed by atoms with van der Waals surface area (Å²) >= 11 is 2.41. The Hall–Kier alpha value is -1.27. The number of rotatable bonds is 7. The first-order chi connectivity index (χ1) is 11.4. The zero-order valence-electron chi connectivity index (χ0n) is 14.1. The minimum absolute atomic E-state index is 0.252. The minimum atomic E-state index is -0.252. The second-order valence-electron chi connectivity index (χ2n) is 6.55. The maximum Gasteiger partial charge on any atom is 0.129 e. The van der Waals surface area contributed by atoms with E-state index in [4.69, 9.17) is 0 Å². The van der Waals surface area contributed by atoms with Gasteiger partial charge in [0.25, 0.3) is 0 Å². The molecular weight excluding hydrogens is 419 g/mol. The van der Waals surface area contributed by atoms with Crippen LogP contribution < -0.4 is 0 Å². The highest BCUT2D eigenvalue weighted by Gasteiger charge is 2.11. The first kappa shape index (κ1) is 19.1. The number of alkyl halides is 1. The fourth-order valence-corrected chi connectivity index (χ4v) is 2.83. The predicted molar refractivity (Wildman–Crippen MR) is 105 cm³/mol. The van der Waals surface area contributed by atoms with Gasteiger partial charge in [-0.2, -0.15) is 0 Å². The summed E-state index contributed by atoms with van der Waals surface area (Å²) in [6.45, 7) is 1.10. The molecule has 0 heterocycles. The Balaban J connectivity index is 2.21. The van der Waals surface area contributed by atoms with Crippen LogP contribution in [0.5, 0.6) is 0 Å². The third kappa shape index (κ3) is 5.67. The van der Waals surface area contributed by atoms with Crippen molar-refractivity contribution < 1.29 is 13.3 Å². The van der Waals surface area contributed by atoms with Gasteiger partial charge in [0.05, 0.1) is 20.6 Å². The van der Waals surface area contributed by atoms with E-state index in [0.29, 0.717) is 0 Å². The van der Waals surface area contributed by atoms with Crippen LogP contribution in [0, 0.1) is 11.6 Å². The number of allylic oxidation sites excluding steroid dienone is 1. The van der Waals surface area contributed by atoms with Crippen LogP contribution in [0.1, 0.15) is 24.0 Å². The zero-order chi connectivity index (χ0) is 17.6. The van der Waals surface area contributed by atoms with Crippen molar-refractivity contribution in [3.8, 4) is 0 Å². The lowest BCUT2D eigenvalue weighted by atomic mass is 9.96. The lowest BCUT2D eigenvalue weighted by Crippen LogP contribution is -2.38. The Morgan fingerprint density at radius 2 is 1.38 bits per heavy atom. The van der Waals surface area contributed by atoms with Crippen molar-refractivity contribution in [2.75, 3.05) is 25.2 Å². The van der Waals surface area contributed by atoms with Crippen LogP contribution in [0.15, 0.2) is 54.6 Å². The van der Waals surface area contributed by atoms with Crippen molar-refractivity contribution in [1.29, 1.82) is 0 Å². The fourth-order valence-electron chi connectivity index (χ4n) is 2.49. The average molecular weight is 442 g/mol. The molecule has 128 valence electrons. The quantitative estimate of drug-likeness (QED) is 0.171. The van der Waals surface area contributed by atoms with Gasteiger partial charge in [0, 0.05) is 6.42 Å². The molecule has 2 aromatic carbocycles. The molecule has 0 N–H and O–H groups in total. The van der Waals surface area contributed by atoms with Crippen LogP contribution in [0.25, 0.3) is 5.57 Å². The molecular formula is C20H23F2IN+. The summed E-state index contributed by atoms with van der Waals surface area (Å²) in [6, 6.07) is 12.9. The van der Waals surface area contributed by atoms with Crippen LogP contribution in [-0.4, -0.2) is 29.7 Å². The van der Waals surface area contributed by atoms with Gasteiger partial charge in [0.2, 0.25) is 0 Å². The third-order valence-electron chi connectivity index (χ3n) is 3.95. The van der Waals surface area contributed by atoms with E-state index in [1.54, 1.807) is 24.3 Å². The second kappa shape index (κ2) is 8.72. The Morgan fingerprint density at radius 3 is 1.79 bits per heavy atom. The number of hydrogen-bond donors (Lipinski definition) is 0. The molecule has 0 unspecified atom stereocenters. The van der Waals surface area contributed by atoms with Crippen molar-refractivity contribution in [1.82, 2.24) is 0 Å². The Morgan fingerprint density at radius 1 is 0.917 bits per heavy atom. The average Bonchev–Trinajstić information content (AvgIpc) is 2.57. The number of nitrogens with zero attached hydrogens (tertiary/aromatic N) is 1. The molecule has 0 aliphatic carbocycles. The summed E-state index contributed by atoms with van der Waals surface area (Å²) < 4.78 is 28.5. The van der Waals surface area contributed by atoms with Crippen molar-refractivity contribution in [2.24, 2.45) is 0 Å². The summed E-state index contributed by atoms with van der Waals surface area (Å²) in [6.07, 6.45) is 4.18. The molecule has 0 bridgehead atoms. The van der Waals surface area contributed by atoms with Gasteiger partial charge in [-0.05, 0) is 70.0 Å². The molecule has 0 atom stereocenters. The molecule has 4 heteroatoms. The van der Waals surface area contributed by atoms with Crippen LogP contribution >= 0.6 is 22.6 Å². The van der Waals surface area contributed by atoms with E-state index < -0.39 is 0 Å². The van der Waals surface area contributed by atoms with Gasteiger partial charge in [-0.15, -0.1) is 0 Å². The van der Waals surface area contributed by atoms with E-state index in [-0.39, 0.29) is 11.6 Å². The maximum atomic E-state index is 13.2. The number of halogens is 3. The SMILES string of the molecule is C[N+](C)(CI)CCCC=C(c1ccc(F)cc1)c1ccc(F)cc1. The number of unbranched alkanes of at least 4 members (excludes halogenated alkanes) is 1. The van der Waals surface area contributed by atoms with E-state index in [0.717, 1.165) is 45.1 Å². The van der Waals surface area contributed by atoms with Crippen molar-refractivity contribution in [3.63, 3.8) is 0 Å². The lowest BCUT2D eigenvalue weighted by molar-refractivity contribution is -0.874. The van der Waals surface area contributed by atoms with Crippen molar-refractivity contribution in [3.05, 3.63) is 77.4 Å². The Bertz CT molecular complexity index is 628. The molecule has 2 rings (SSSR count). The van der Waals surface area contributed by atoms with Crippen molar-refractivity contribution >= 4 is 28.2 Å². The van der Waals surface area contributed by atoms with Gasteiger partial charge in [0.15, 0.2) is 0 Å². The van der Waals surface area contributed by atoms with Crippen molar-refractivity contribution in [2.45, 2.75) is 12.8 Å². The van der Waals surface area contributed by atoms with E-state index in [1.165, 1.54) is 24.3 Å². The van der Waals surface area contributed by atoms with Gasteiger partial charge in [0.1, 0.15) is 16.2 Å². The fraction of sp³-hybridized carbons (Fsp3) is 0.300. The highest BCUT2D eigenvalue weighted by atomic mass is 127. The molecule has 0 aromatic heterocycles. The normalized spacial score (nSPS) is 11.4. The molecule has 0 saturated heterocycles. The zero-order valence-corrected chi connectivity index (χ0v) is 16.3. The van der Waals surface area contributed by atoms with Crippen LogP contribution in [-0.2, 0) is 0 Å². The highest BCUT2D eigenvalue weighted by molar-refractivity contribution is 14.1. The molecule has 0 spiro atoms. The maximum absolute atomic E-state index is 13.2. The monoisotopic (exact) mass is 442 g/mol. The van der Waals surface area contributed by atoms with E-state index in [9.17, 15) is 8.78 Å². The molecule has 1 nitrogen and oxygen atoms in total. The molecule has 0 radical (unpaired) electrons. The molecule has 24 heavy (non-hydrogen) atoms. The highest BCUT2D eigenvalue weighted by Crippen LogP contribution is 2.25. The van der Waals surface area contributed by atoms with Crippen LogP contribution in [0.2, 0.25) is 0 Å². The van der Waals surface area contributed by atoms with E-state index in [2.05, 4.69) is 42.8 Å². The van der Waals surface area contributed by atoms with Gasteiger partial charge in [-0.25, -0.2) is 8.78 Å². The largest absolute Gasteiger partial charge is 0.320 e. The number of benzene rings is 2. The second-order valence-corrected chi connectivity index (χ2v) is 7.23. The molecule has 2 aromatic rings.